The molecule has 0 aromatic heterocycles. The summed E-state index contributed by atoms with van der Waals surface area (Å²) in [6.07, 6.45) is 2.76. The summed E-state index contributed by atoms with van der Waals surface area (Å²) in [5.74, 6) is -0.931. The Labute approximate surface area is 115 Å². The van der Waals surface area contributed by atoms with Gasteiger partial charge in [0.05, 0.1) is 5.41 Å². The molecule has 1 fully saturated rings. The minimum atomic E-state index is -3.61. The van der Waals surface area contributed by atoms with Gasteiger partial charge in [0.2, 0.25) is 0 Å². The summed E-state index contributed by atoms with van der Waals surface area (Å²) >= 11 is 0. The van der Waals surface area contributed by atoms with Gasteiger partial charge in [0.15, 0.2) is 0 Å². The first kappa shape index (κ1) is 16.4. The predicted octanol–water partition coefficient (Wildman–Crippen LogP) is 1.20. The lowest BCUT2D eigenvalue weighted by molar-refractivity contribution is -0.151. The van der Waals surface area contributed by atoms with Crippen molar-refractivity contribution in [3.05, 3.63) is 0 Å². The molecule has 0 amide bonds. The first-order valence-corrected chi connectivity index (χ1v) is 8.22. The summed E-state index contributed by atoms with van der Waals surface area (Å²) in [6.45, 7) is 5.91. The summed E-state index contributed by atoms with van der Waals surface area (Å²) in [4.78, 5) is 11.4. The van der Waals surface area contributed by atoms with E-state index < -0.39 is 27.6 Å². The minimum absolute atomic E-state index is 0.377. The van der Waals surface area contributed by atoms with Crippen molar-refractivity contribution in [1.82, 2.24) is 9.03 Å². The maximum Gasteiger partial charge on any atom is 0.310 e. The van der Waals surface area contributed by atoms with Gasteiger partial charge in [-0.05, 0) is 19.8 Å². The molecular weight excluding hydrogens is 268 g/mol. The van der Waals surface area contributed by atoms with Crippen LogP contribution in [0.25, 0.3) is 0 Å². The van der Waals surface area contributed by atoms with Crippen LogP contribution in [0, 0.1) is 5.41 Å². The number of hydrogen-bond donors (Lipinski definition) is 2. The number of carbonyl (C=O) groups is 1. The van der Waals surface area contributed by atoms with Crippen molar-refractivity contribution in [2.45, 2.75) is 52.5 Å². The van der Waals surface area contributed by atoms with Crippen LogP contribution in [0.5, 0.6) is 0 Å². The van der Waals surface area contributed by atoms with E-state index in [1.54, 1.807) is 20.8 Å². The average Bonchev–Trinajstić information content (AvgIpc) is 2.33. The quantitative estimate of drug-likeness (QED) is 0.770. The van der Waals surface area contributed by atoms with Crippen molar-refractivity contribution < 1.29 is 18.3 Å². The van der Waals surface area contributed by atoms with Gasteiger partial charge in [-0.1, -0.05) is 26.7 Å². The van der Waals surface area contributed by atoms with E-state index in [4.69, 9.17) is 0 Å². The second-order valence-electron chi connectivity index (χ2n) is 5.23. The van der Waals surface area contributed by atoms with Gasteiger partial charge >= 0.3 is 5.97 Å². The minimum Gasteiger partial charge on any atom is -0.481 e. The molecule has 0 heterocycles. The molecule has 2 N–H and O–H groups in total. The Morgan fingerprint density at radius 3 is 2.42 bits per heavy atom. The fraction of sp³-hybridized carbons (Fsp3) is 0.917. The molecule has 0 radical (unpaired) electrons. The normalized spacial score (nSPS) is 28.5. The maximum absolute atomic E-state index is 12.2. The molecule has 2 unspecified atom stereocenters. The van der Waals surface area contributed by atoms with Crippen LogP contribution in [-0.4, -0.2) is 42.9 Å². The van der Waals surface area contributed by atoms with Crippen LogP contribution in [0.4, 0.5) is 0 Å². The molecule has 19 heavy (non-hydrogen) atoms. The lowest BCUT2D eigenvalue weighted by atomic mass is 9.72. The first-order valence-electron chi connectivity index (χ1n) is 6.78. The van der Waals surface area contributed by atoms with E-state index in [1.807, 2.05) is 0 Å². The summed E-state index contributed by atoms with van der Waals surface area (Å²) in [5, 5.41) is 9.37. The monoisotopic (exact) mass is 292 g/mol. The molecule has 1 aliphatic carbocycles. The molecule has 0 spiro atoms. The molecule has 0 saturated heterocycles. The highest BCUT2D eigenvalue weighted by atomic mass is 32.2. The second kappa shape index (κ2) is 6.19. The molecule has 0 aromatic carbocycles. The Hall–Kier alpha value is -0.660. The third-order valence-electron chi connectivity index (χ3n) is 4.03. The van der Waals surface area contributed by atoms with Crippen molar-refractivity contribution in [1.29, 1.82) is 0 Å². The summed E-state index contributed by atoms with van der Waals surface area (Å²) in [7, 11) is -3.61. The van der Waals surface area contributed by atoms with E-state index in [1.165, 1.54) is 4.31 Å². The molecule has 0 aliphatic heterocycles. The average molecular weight is 292 g/mol. The third-order valence-corrected chi connectivity index (χ3v) is 5.81. The van der Waals surface area contributed by atoms with E-state index in [0.29, 0.717) is 25.9 Å². The highest BCUT2D eigenvalue weighted by Gasteiger charge is 2.45. The highest BCUT2D eigenvalue weighted by molar-refractivity contribution is 7.87. The number of carboxylic acid groups (broad SMARTS) is 1. The molecule has 1 aliphatic rings. The van der Waals surface area contributed by atoms with Gasteiger partial charge in [0, 0.05) is 19.1 Å². The summed E-state index contributed by atoms with van der Waals surface area (Å²) in [6, 6.07) is -0.538. The zero-order valence-electron chi connectivity index (χ0n) is 11.8. The Bertz CT molecular complexity index is 419. The first-order chi connectivity index (χ1) is 8.78. The van der Waals surface area contributed by atoms with Gasteiger partial charge in [-0.2, -0.15) is 17.4 Å². The lowest BCUT2D eigenvalue weighted by Gasteiger charge is -2.38. The van der Waals surface area contributed by atoms with Gasteiger partial charge in [0.25, 0.3) is 10.2 Å². The molecule has 7 heteroatoms. The van der Waals surface area contributed by atoms with E-state index in [-0.39, 0.29) is 0 Å². The number of nitrogens with zero attached hydrogens (tertiary/aromatic N) is 1. The highest BCUT2D eigenvalue weighted by Crippen LogP contribution is 2.36. The van der Waals surface area contributed by atoms with Gasteiger partial charge in [-0.25, -0.2) is 0 Å². The fourth-order valence-corrected chi connectivity index (χ4v) is 4.16. The molecule has 112 valence electrons. The van der Waals surface area contributed by atoms with Gasteiger partial charge in [-0.3, -0.25) is 4.79 Å². The number of carboxylic acids is 1. The molecule has 6 nitrogen and oxygen atoms in total. The number of aliphatic carboxylic acids is 1. The smallest absolute Gasteiger partial charge is 0.310 e. The molecule has 2 atom stereocenters. The van der Waals surface area contributed by atoms with E-state index >= 15 is 0 Å². The number of nitrogens with one attached hydrogen (secondary N) is 1. The predicted molar refractivity (Wildman–Crippen MR) is 73.0 cm³/mol. The van der Waals surface area contributed by atoms with Gasteiger partial charge in [-0.15, -0.1) is 0 Å². The Balaban J connectivity index is 2.92. The summed E-state index contributed by atoms with van der Waals surface area (Å²) in [5.41, 5.74) is -1.02. The van der Waals surface area contributed by atoms with Crippen molar-refractivity contribution in [2.24, 2.45) is 5.41 Å². The van der Waals surface area contributed by atoms with Crippen molar-refractivity contribution in [2.75, 3.05) is 13.1 Å². The Kier molecular flexibility index (Phi) is 5.34. The molecular formula is C12H24N2O4S. The molecule has 1 rings (SSSR count). The fourth-order valence-electron chi connectivity index (χ4n) is 2.60. The maximum atomic E-state index is 12.2. The number of hydrogen-bond acceptors (Lipinski definition) is 3. The van der Waals surface area contributed by atoms with Gasteiger partial charge in [0.1, 0.15) is 0 Å². The van der Waals surface area contributed by atoms with E-state index in [9.17, 15) is 18.3 Å². The molecule has 0 aromatic rings. The van der Waals surface area contributed by atoms with Crippen LogP contribution in [0.2, 0.25) is 0 Å². The van der Waals surface area contributed by atoms with Gasteiger partial charge < -0.3 is 5.11 Å². The van der Waals surface area contributed by atoms with Crippen LogP contribution < -0.4 is 4.72 Å². The second-order valence-corrected chi connectivity index (χ2v) is 6.93. The SMILES string of the molecule is CCN(CC)S(=O)(=O)NC1CCCCC1(C)C(=O)O. The van der Waals surface area contributed by atoms with Crippen molar-refractivity contribution in [3.8, 4) is 0 Å². The summed E-state index contributed by atoms with van der Waals surface area (Å²) < 4.78 is 28.3. The van der Waals surface area contributed by atoms with Crippen molar-refractivity contribution in [3.63, 3.8) is 0 Å². The topological polar surface area (TPSA) is 86.7 Å². The molecule has 1 saturated carbocycles. The van der Waals surface area contributed by atoms with Crippen LogP contribution in [-0.2, 0) is 15.0 Å². The van der Waals surface area contributed by atoms with Crippen molar-refractivity contribution >= 4 is 16.2 Å². The largest absolute Gasteiger partial charge is 0.481 e. The van der Waals surface area contributed by atoms with Crippen LogP contribution in [0.15, 0.2) is 0 Å². The molecule has 0 bridgehead atoms. The standard InChI is InChI=1S/C12H24N2O4S/c1-4-14(5-2)19(17,18)13-10-8-6-7-9-12(10,3)11(15)16/h10,13H,4-9H2,1-3H3,(H,15,16). The van der Waals surface area contributed by atoms with E-state index in [0.717, 1.165) is 12.8 Å². The Morgan fingerprint density at radius 1 is 1.37 bits per heavy atom. The van der Waals surface area contributed by atoms with Crippen LogP contribution >= 0.6 is 0 Å². The third kappa shape index (κ3) is 3.46. The Morgan fingerprint density at radius 2 is 1.95 bits per heavy atom. The zero-order chi connectivity index (χ0) is 14.7. The number of rotatable bonds is 6. The van der Waals surface area contributed by atoms with E-state index in [2.05, 4.69) is 4.72 Å². The lowest BCUT2D eigenvalue weighted by Crippen LogP contribution is -2.55. The van der Waals surface area contributed by atoms with Crippen LogP contribution in [0.3, 0.4) is 0 Å². The van der Waals surface area contributed by atoms with Crippen LogP contribution in [0.1, 0.15) is 46.5 Å². The zero-order valence-corrected chi connectivity index (χ0v) is 12.7.